The molecule has 1 radical (unpaired) electrons. The Morgan fingerprint density at radius 2 is 1.00 bits per heavy atom. The van der Waals surface area contributed by atoms with E-state index in [-0.39, 0.29) is 82.6 Å². The standard InChI is InChI=1S/2C11H6F2N.2CN.Ir.K/c2*12-8-4-5-9(10(13)7-8)11-3-1-2-6-14-11;2*1-2;;/h2*1-4,6-7H;;;;/q4*-1;;+1. The van der Waals surface area contributed by atoms with Gasteiger partial charge in [0.05, 0.1) is 0 Å². The van der Waals surface area contributed by atoms with E-state index in [9.17, 15) is 17.6 Å². The van der Waals surface area contributed by atoms with Crippen molar-refractivity contribution in [1.29, 1.82) is 10.5 Å². The van der Waals surface area contributed by atoms with Crippen LogP contribution in [0.3, 0.4) is 0 Å². The monoisotopic (exact) mass is 664 g/mol. The predicted octanol–water partition coefficient (Wildman–Crippen LogP) is 2.85. The van der Waals surface area contributed by atoms with Gasteiger partial charge in [-0.05, 0) is 23.5 Å². The molecular formula is C24H12F4IrKN4-3. The van der Waals surface area contributed by atoms with E-state index in [0.717, 1.165) is 24.3 Å². The van der Waals surface area contributed by atoms with E-state index >= 15 is 0 Å². The summed E-state index contributed by atoms with van der Waals surface area (Å²) >= 11 is 0. The van der Waals surface area contributed by atoms with Crippen molar-refractivity contribution < 1.29 is 89.1 Å². The van der Waals surface area contributed by atoms with E-state index in [0.29, 0.717) is 11.4 Å². The van der Waals surface area contributed by atoms with Crippen molar-refractivity contribution in [3.05, 3.63) is 122 Å². The van der Waals surface area contributed by atoms with Crippen molar-refractivity contribution in [2.24, 2.45) is 0 Å². The molecule has 2 aromatic heterocycles. The molecule has 0 saturated carbocycles. The van der Waals surface area contributed by atoms with Crippen LogP contribution in [0.25, 0.3) is 22.5 Å². The predicted molar refractivity (Wildman–Crippen MR) is 107 cm³/mol. The Morgan fingerprint density at radius 3 is 1.26 bits per heavy atom. The van der Waals surface area contributed by atoms with Crippen molar-refractivity contribution in [3.63, 3.8) is 0 Å². The summed E-state index contributed by atoms with van der Waals surface area (Å²) in [6.45, 7) is 9.50. The van der Waals surface area contributed by atoms with Crippen molar-refractivity contribution in [3.8, 4) is 22.5 Å². The molecule has 0 unspecified atom stereocenters. The molecule has 4 nitrogen and oxygen atoms in total. The maximum Gasteiger partial charge on any atom is 1.00 e. The average Bonchev–Trinajstić information content (AvgIpc) is 2.83. The van der Waals surface area contributed by atoms with Gasteiger partial charge in [-0.1, -0.05) is 47.5 Å². The van der Waals surface area contributed by atoms with Crippen LogP contribution in [0.1, 0.15) is 0 Å². The van der Waals surface area contributed by atoms with Crippen molar-refractivity contribution in [1.82, 2.24) is 9.97 Å². The number of halogens is 4. The van der Waals surface area contributed by atoms with E-state index in [1.165, 1.54) is 0 Å². The molecule has 4 rings (SSSR count). The molecule has 0 atom stereocenters. The number of hydrogen-bond acceptors (Lipinski definition) is 4. The molecule has 0 aliphatic carbocycles. The van der Waals surface area contributed by atoms with Crippen LogP contribution in [0.5, 0.6) is 0 Å². The van der Waals surface area contributed by atoms with E-state index in [2.05, 4.69) is 22.1 Å². The number of pyridine rings is 2. The van der Waals surface area contributed by atoms with Crippen LogP contribution in [-0.2, 0) is 20.1 Å². The maximum absolute atomic E-state index is 13.2. The van der Waals surface area contributed by atoms with Gasteiger partial charge in [-0.3, -0.25) is 17.6 Å². The normalized spacial score (nSPS) is 8.47. The molecule has 0 N–H and O–H groups in total. The fraction of sp³-hybridized carbons (Fsp3) is 0. The van der Waals surface area contributed by atoms with Crippen molar-refractivity contribution >= 4 is 0 Å². The van der Waals surface area contributed by atoms with E-state index in [4.69, 9.17) is 23.7 Å². The first-order valence-electron chi connectivity index (χ1n) is 8.55. The number of aromatic nitrogens is 2. The molecule has 0 fully saturated rings. The molecule has 0 amide bonds. The smallest absolute Gasteiger partial charge is 0.512 e. The molecule has 169 valence electrons. The fourth-order valence-corrected chi connectivity index (χ4v) is 2.30. The minimum absolute atomic E-state index is 0. The molecule has 4 aromatic rings. The number of benzene rings is 2. The van der Waals surface area contributed by atoms with Crippen LogP contribution in [0.15, 0.2) is 73.1 Å². The zero-order valence-electron chi connectivity index (χ0n) is 17.6. The van der Waals surface area contributed by atoms with E-state index < -0.39 is 23.3 Å². The van der Waals surface area contributed by atoms with Crippen LogP contribution >= 0.6 is 0 Å². The van der Waals surface area contributed by atoms with Gasteiger partial charge in [-0.25, -0.2) is 0 Å². The average molecular weight is 664 g/mol. The summed E-state index contributed by atoms with van der Waals surface area (Å²) in [5.41, 5.74) is 1.27. The molecule has 2 aromatic carbocycles. The third kappa shape index (κ3) is 10.8. The summed E-state index contributed by atoms with van der Waals surface area (Å²) in [6, 6.07) is 19.1. The molecule has 10 heteroatoms. The molecule has 2 heterocycles. The number of hydrogen-bond donors (Lipinski definition) is 0. The SMILES string of the molecule is Fc1c[c-]c(-c2ccccn2)c(F)c1.Fc1c[c-]c(-c2ccccn2)c(F)c1.[C-]#N.[C-]#N.[Ir].[K+]. The van der Waals surface area contributed by atoms with E-state index in [1.54, 1.807) is 48.8 Å². The summed E-state index contributed by atoms with van der Waals surface area (Å²) in [4.78, 5) is 7.89. The Bertz CT molecular complexity index is 1070. The molecule has 0 spiro atoms. The Balaban J connectivity index is 0. The van der Waals surface area contributed by atoms with Gasteiger partial charge in [0, 0.05) is 55.8 Å². The minimum Gasteiger partial charge on any atom is -0.512 e. The second-order valence-electron chi connectivity index (χ2n) is 5.51. The molecular weight excluding hydrogens is 652 g/mol. The second-order valence-corrected chi connectivity index (χ2v) is 5.51. The van der Waals surface area contributed by atoms with Gasteiger partial charge in [0.1, 0.15) is 0 Å². The zero-order valence-corrected chi connectivity index (χ0v) is 23.1. The summed E-state index contributed by atoms with van der Waals surface area (Å²) in [6.07, 6.45) is 3.10. The van der Waals surface area contributed by atoms with Crippen LogP contribution in [0.4, 0.5) is 17.6 Å². The first-order valence-corrected chi connectivity index (χ1v) is 8.55. The van der Waals surface area contributed by atoms with Crippen LogP contribution in [0.2, 0.25) is 0 Å². The molecule has 0 aliphatic rings. The summed E-state index contributed by atoms with van der Waals surface area (Å²) < 4.78 is 51.6. The Morgan fingerprint density at radius 1 is 0.647 bits per heavy atom. The largest absolute Gasteiger partial charge is 1.00 e. The van der Waals surface area contributed by atoms with Crippen molar-refractivity contribution in [2.45, 2.75) is 0 Å². The maximum atomic E-state index is 13.2. The van der Waals surface area contributed by atoms with E-state index in [1.807, 2.05) is 0 Å². The zero-order chi connectivity index (χ0) is 23.9. The summed E-state index contributed by atoms with van der Waals surface area (Å²) in [5, 5.41) is 12.5. The number of nitrogens with zero attached hydrogens (tertiary/aromatic N) is 4. The first-order chi connectivity index (χ1) is 15.5. The van der Waals surface area contributed by atoms with Gasteiger partial charge in [0.2, 0.25) is 0 Å². The van der Waals surface area contributed by atoms with Gasteiger partial charge in [-0.2, -0.15) is 0 Å². The van der Waals surface area contributed by atoms with Crippen LogP contribution in [0, 0.1) is 59.1 Å². The Hall–Kier alpha value is -2.27. The fourth-order valence-electron chi connectivity index (χ4n) is 2.30. The minimum atomic E-state index is -0.649. The first kappa shape index (κ1) is 33.9. The molecule has 34 heavy (non-hydrogen) atoms. The van der Waals surface area contributed by atoms with Gasteiger partial charge < -0.3 is 33.6 Å². The third-order valence-electron chi connectivity index (χ3n) is 3.56. The molecule has 0 aliphatic heterocycles. The Kier molecular flexibility index (Phi) is 19.0. The Labute approximate surface area is 251 Å². The summed E-state index contributed by atoms with van der Waals surface area (Å²) in [7, 11) is 0. The van der Waals surface area contributed by atoms with Gasteiger partial charge in [0.15, 0.2) is 0 Å². The molecule has 0 saturated heterocycles. The quantitative estimate of drug-likeness (QED) is 0.188. The third-order valence-corrected chi connectivity index (χ3v) is 3.56. The van der Waals surface area contributed by atoms with Crippen LogP contribution in [-0.4, -0.2) is 9.97 Å². The summed E-state index contributed by atoms with van der Waals surface area (Å²) in [5.74, 6) is -2.57. The number of rotatable bonds is 2. The van der Waals surface area contributed by atoms with Gasteiger partial charge >= 0.3 is 51.4 Å². The van der Waals surface area contributed by atoms with Crippen LogP contribution < -0.4 is 51.4 Å². The topological polar surface area (TPSA) is 73.4 Å². The van der Waals surface area contributed by atoms with Crippen molar-refractivity contribution in [2.75, 3.05) is 0 Å². The molecule has 0 bridgehead atoms. The van der Waals surface area contributed by atoms with Gasteiger partial charge in [-0.15, -0.1) is 24.3 Å². The second kappa shape index (κ2) is 19.1. The van der Waals surface area contributed by atoms with Gasteiger partial charge in [0.25, 0.3) is 0 Å².